The zero-order valence-electron chi connectivity index (χ0n) is 23.6. The van der Waals surface area contributed by atoms with Gasteiger partial charge in [-0.15, -0.1) is 0 Å². The van der Waals surface area contributed by atoms with E-state index in [0.717, 1.165) is 0 Å². The van der Waals surface area contributed by atoms with Gasteiger partial charge in [0.1, 0.15) is 24.1 Å². The lowest BCUT2D eigenvalue weighted by molar-refractivity contribution is -0.105. The lowest BCUT2D eigenvalue weighted by Crippen LogP contribution is -2.54. The number of halogens is 3. The fourth-order valence-electron chi connectivity index (χ4n) is 4.97. The predicted octanol–water partition coefficient (Wildman–Crippen LogP) is 4.68. The van der Waals surface area contributed by atoms with Gasteiger partial charge in [0.05, 0.1) is 22.2 Å². The number of aliphatic hydroxyl groups is 2. The molecule has 0 aliphatic carbocycles. The summed E-state index contributed by atoms with van der Waals surface area (Å²) in [5.74, 6) is -1.45. The van der Waals surface area contributed by atoms with Crippen molar-refractivity contribution in [2.45, 2.75) is 57.5 Å². The van der Waals surface area contributed by atoms with Crippen LogP contribution < -0.4 is 0 Å². The van der Waals surface area contributed by atoms with Crippen molar-refractivity contribution >= 4 is 35.0 Å². The fraction of sp³-hybridized carbons (Fsp3) is 0.533. The molecule has 1 aliphatic rings. The van der Waals surface area contributed by atoms with Crippen molar-refractivity contribution in [3.05, 3.63) is 69.5 Å². The van der Waals surface area contributed by atoms with E-state index in [2.05, 4.69) is 0 Å². The zero-order chi connectivity index (χ0) is 30.1. The smallest absolute Gasteiger partial charge is 0.256 e. The van der Waals surface area contributed by atoms with E-state index in [-0.39, 0.29) is 42.1 Å². The SMILES string of the molecule is CO[C@@H]1CN(C(=O)c2ccccc2F)C[C@@H](CC(C)C)N(C(=O)c2ccc(Cl)c(Cl)c2)CCCCOC[C@@H](O)[C@H]1O. The Morgan fingerprint density at radius 3 is 2.46 bits per heavy atom. The Hall–Kier alpha value is -2.27. The summed E-state index contributed by atoms with van der Waals surface area (Å²) >= 11 is 12.3. The normalized spacial score (nSPS) is 23.3. The van der Waals surface area contributed by atoms with Crippen molar-refractivity contribution in [2.75, 3.05) is 40.0 Å². The van der Waals surface area contributed by atoms with Gasteiger partial charge in [-0.3, -0.25) is 9.59 Å². The number of carbonyl (C=O) groups excluding carboxylic acids is 2. The van der Waals surface area contributed by atoms with Gasteiger partial charge in [-0.1, -0.05) is 49.2 Å². The van der Waals surface area contributed by atoms with Gasteiger partial charge in [0.25, 0.3) is 11.8 Å². The number of amides is 2. The van der Waals surface area contributed by atoms with Gasteiger partial charge >= 0.3 is 0 Å². The van der Waals surface area contributed by atoms with Crippen molar-refractivity contribution in [3.63, 3.8) is 0 Å². The highest BCUT2D eigenvalue weighted by Gasteiger charge is 2.35. The standard InChI is InChI=1S/C30H39Cl2FN2O6/c1-19(2)14-21-16-34(30(39)22-8-4-5-9-25(22)33)17-27(40-3)28(37)26(36)18-41-13-7-6-12-35(21)29(38)20-10-11-23(31)24(32)15-20/h4-5,8-11,15,19,21,26-28,36-37H,6-7,12-14,16-18H2,1-3H3/t21-,26-,27-,28-/m1/s1. The third-order valence-electron chi connectivity index (χ3n) is 7.14. The fourth-order valence-corrected chi connectivity index (χ4v) is 5.26. The molecule has 1 heterocycles. The van der Waals surface area contributed by atoms with Crippen LogP contribution in [0.25, 0.3) is 0 Å². The maximum atomic E-state index is 14.8. The molecule has 1 saturated heterocycles. The van der Waals surface area contributed by atoms with Crippen molar-refractivity contribution in [1.29, 1.82) is 0 Å². The number of benzene rings is 2. The summed E-state index contributed by atoms with van der Waals surface area (Å²) < 4.78 is 25.9. The number of methoxy groups -OCH3 is 1. The molecule has 8 nitrogen and oxygen atoms in total. The van der Waals surface area contributed by atoms with Crippen LogP contribution in [0.5, 0.6) is 0 Å². The first-order valence-corrected chi connectivity index (χ1v) is 14.6. The predicted molar refractivity (Wildman–Crippen MR) is 156 cm³/mol. The van der Waals surface area contributed by atoms with Crippen LogP contribution in [0.2, 0.25) is 10.0 Å². The number of rotatable bonds is 5. The lowest BCUT2D eigenvalue weighted by Gasteiger charge is -2.39. The topological polar surface area (TPSA) is 99.5 Å². The Kier molecular flexibility index (Phi) is 12.8. The van der Waals surface area contributed by atoms with E-state index in [1.54, 1.807) is 23.1 Å². The summed E-state index contributed by atoms with van der Waals surface area (Å²) in [6.45, 7) is 4.46. The number of aliphatic hydroxyl groups excluding tert-OH is 2. The van der Waals surface area contributed by atoms with E-state index in [9.17, 15) is 24.2 Å². The van der Waals surface area contributed by atoms with Crippen LogP contribution in [-0.4, -0.2) is 96.1 Å². The van der Waals surface area contributed by atoms with E-state index < -0.39 is 36.1 Å². The molecule has 226 valence electrons. The second kappa shape index (κ2) is 15.8. The van der Waals surface area contributed by atoms with Crippen LogP contribution in [0, 0.1) is 11.7 Å². The molecule has 0 bridgehead atoms. The number of nitrogens with zero attached hydrogens (tertiary/aromatic N) is 2. The summed E-state index contributed by atoms with van der Waals surface area (Å²) in [6.07, 6.45) is -1.93. The molecular formula is C30H39Cl2FN2O6. The number of carbonyl (C=O) groups is 2. The van der Waals surface area contributed by atoms with Crippen molar-refractivity contribution in [3.8, 4) is 0 Å². The average molecular weight is 614 g/mol. The second-order valence-corrected chi connectivity index (χ2v) is 11.5. The lowest BCUT2D eigenvalue weighted by atomic mass is 9.99. The third-order valence-corrected chi connectivity index (χ3v) is 7.88. The average Bonchev–Trinajstić information content (AvgIpc) is 2.94. The van der Waals surface area contributed by atoms with Gasteiger partial charge in [0.2, 0.25) is 0 Å². The quantitative estimate of drug-likeness (QED) is 0.509. The first-order chi connectivity index (χ1) is 19.5. The second-order valence-electron chi connectivity index (χ2n) is 10.7. The molecule has 0 unspecified atom stereocenters. The molecule has 0 radical (unpaired) electrons. The third kappa shape index (κ3) is 9.11. The van der Waals surface area contributed by atoms with Crippen molar-refractivity contribution < 1.29 is 33.7 Å². The largest absolute Gasteiger partial charge is 0.388 e. The van der Waals surface area contributed by atoms with Crippen LogP contribution in [0.3, 0.4) is 0 Å². The van der Waals surface area contributed by atoms with Gasteiger partial charge in [-0.25, -0.2) is 4.39 Å². The van der Waals surface area contributed by atoms with E-state index >= 15 is 0 Å². The van der Waals surface area contributed by atoms with Crippen LogP contribution >= 0.6 is 23.2 Å². The minimum atomic E-state index is -1.38. The molecule has 4 atom stereocenters. The van der Waals surface area contributed by atoms with Gasteiger partial charge < -0.3 is 29.5 Å². The minimum Gasteiger partial charge on any atom is -0.388 e. The Labute approximate surface area is 250 Å². The van der Waals surface area contributed by atoms with Crippen LogP contribution in [0.15, 0.2) is 42.5 Å². The molecule has 0 spiro atoms. The summed E-state index contributed by atoms with van der Waals surface area (Å²) in [7, 11) is 1.36. The summed E-state index contributed by atoms with van der Waals surface area (Å²) in [5, 5.41) is 22.0. The molecule has 3 rings (SSSR count). The summed E-state index contributed by atoms with van der Waals surface area (Å²) in [6, 6.07) is 9.87. The Bertz CT molecular complexity index is 1170. The van der Waals surface area contributed by atoms with E-state index in [4.69, 9.17) is 32.7 Å². The van der Waals surface area contributed by atoms with E-state index in [1.165, 1.54) is 36.3 Å². The zero-order valence-corrected chi connectivity index (χ0v) is 25.2. The Morgan fingerprint density at radius 1 is 1.07 bits per heavy atom. The molecule has 2 aromatic carbocycles. The molecule has 1 aliphatic heterocycles. The molecule has 41 heavy (non-hydrogen) atoms. The highest BCUT2D eigenvalue weighted by molar-refractivity contribution is 6.42. The van der Waals surface area contributed by atoms with Gasteiger partial charge in [-0.05, 0) is 55.5 Å². The van der Waals surface area contributed by atoms with Crippen molar-refractivity contribution in [1.82, 2.24) is 9.80 Å². The molecule has 0 aromatic heterocycles. The first kappa shape index (κ1) is 33.2. The van der Waals surface area contributed by atoms with E-state index in [1.807, 2.05) is 13.8 Å². The molecule has 0 saturated carbocycles. The monoisotopic (exact) mass is 612 g/mol. The molecule has 1 fully saturated rings. The number of hydrogen-bond acceptors (Lipinski definition) is 6. The molecule has 2 aromatic rings. The Balaban J connectivity index is 2.07. The van der Waals surface area contributed by atoms with Crippen molar-refractivity contribution in [2.24, 2.45) is 5.92 Å². The van der Waals surface area contributed by atoms with Crippen LogP contribution in [-0.2, 0) is 9.47 Å². The molecule has 2 amide bonds. The first-order valence-electron chi connectivity index (χ1n) is 13.8. The minimum absolute atomic E-state index is 0.0393. The highest BCUT2D eigenvalue weighted by atomic mass is 35.5. The highest BCUT2D eigenvalue weighted by Crippen LogP contribution is 2.26. The van der Waals surface area contributed by atoms with Gasteiger partial charge in [-0.2, -0.15) is 0 Å². The summed E-state index contributed by atoms with van der Waals surface area (Å²) in [4.78, 5) is 30.8. The number of hydrogen-bond donors (Lipinski definition) is 2. The van der Waals surface area contributed by atoms with Crippen LogP contribution in [0.4, 0.5) is 4.39 Å². The van der Waals surface area contributed by atoms with E-state index in [0.29, 0.717) is 43.0 Å². The maximum Gasteiger partial charge on any atom is 0.256 e. The van der Waals surface area contributed by atoms with Crippen LogP contribution in [0.1, 0.15) is 53.8 Å². The number of ether oxygens (including phenoxy) is 2. The molecule has 11 heteroatoms. The molecular weight excluding hydrogens is 574 g/mol. The van der Waals surface area contributed by atoms with Gasteiger partial charge in [0.15, 0.2) is 0 Å². The molecule has 2 N–H and O–H groups in total. The Morgan fingerprint density at radius 2 is 1.80 bits per heavy atom. The summed E-state index contributed by atoms with van der Waals surface area (Å²) in [5.41, 5.74) is 0.207. The maximum absolute atomic E-state index is 14.8. The van der Waals surface area contributed by atoms with Gasteiger partial charge in [0, 0.05) is 45.0 Å².